The SMILES string of the molecule is O=C(O)CC1CC[N]C1. The van der Waals surface area contributed by atoms with Crippen molar-refractivity contribution < 1.29 is 9.90 Å². The molecule has 1 saturated heterocycles. The molecule has 3 nitrogen and oxygen atoms in total. The molecule has 51 valence electrons. The average molecular weight is 128 g/mol. The molecule has 0 spiro atoms. The van der Waals surface area contributed by atoms with E-state index in [4.69, 9.17) is 5.11 Å². The number of rotatable bonds is 2. The maximum absolute atomic E-state index is 10.1. The number of carboxylic acid groups (broad SMARTS) is 1. The van der Waals surface area contributed by atoms with Crippen LogP contribution in [0.15, 0.2) is 0 Å². The molecule has 0 aliphatic carbocycles. The molecule has 0 amide bonds. The quantitative estimate of drug-likeness (QED) is 0.572. The topological polar surface area (TPSA) is 51.4 Å². The van der Waals surface area contributed by atoms with E-state index in [0.29, 0.717) is 12.3 Å². The van der Waals surface area contributed by atoms with E-state index in [0.717, 1.165) is 19.5 Å². The molecular weight excluding hydrogens is 118 g/mol. The lowest BCUT2D eigenvalue weighted by molar-refractivity contribution is -0.137. The number of carboxylic acids is 1. The monoisotopic (exact) mass is 128 g/mol. The van der Waals surface area contributed by atoms with E-state index in [9.17, 15) is 4.79 Å². The molecule has 1 aliphatic heterocycles. The molecule has 0 aromatic carbocycles. The zero-order valence-electron chi connectivity index (χ0n) is 5.21. The molecule has 1 heterocycles. The number of nitrogens with zero attached hydrogens (tertiary/aromatic N) is 1. The van der Waals surface area contributed by atoms with Crippen LogP contribution in [0.5, 0.6) is 0 Å². The highest BCUT2D eigenvalue weighted by atomic mass is 16.4. The van der Waals surface area contributed by atoms with E-state index in [1.54, 1.807) is 0 Å². The standard InChI is InChI=1S/C6H10NO2/c8-6(9)3-5-1-2-7-4-5/h5H,1-4H2,(H,8,9). The lowest BCUT2D eigenvalue weighted by Gasteiger charge is -2.00. The van der Waals surface area contributed by atoms with Gasteiger partial charge < -0.3 is 5.11 Å². The van der Waals surface area contributed by atoms with Crippen LogP contribution < -0.4 is 5.32 Å². The Hall–Kier alpha value is -0.570. The summed E-state index contributed by atoms with van der Waals surface area (Å²) in [5.41, 5.74) is 0. The van der Waals surface area contributed by atoms with E-state index in [2.05, 4.69) is 5.32 Å². The Balaban J connectivity index is 2.19. The van der Waals surface area contributed by atoms with Gasteiger partial charge in [-0.15, -0.1) is 0 Å². The van der Waals surface area contributed by atoms with Crippen LogP contribution in [0.4, 0.5) is 0 Å². The first kappa shape index (κ1) is 6.55. The molecule has 0 aromatic heterocycles. The molecule has 1 aliphatic rings. The Kier molecular flexibility index (Phi) is 2.05. The van der Waals surface area contributed by atoms with Gasteiger partial charge in [-0.3, -0.25) is 4.79 Å². The van der Waals surface area contributed by atoms with Crippen molar-refractivity contribution in [2.75, 3.05) is 13.1 Å². The summed E-state index contributed by atoms with van der Waals surface area (Å²) in [5, 5.41) is 12.4. The van der Waals surface area contributed by atoms with E-state index in [1.165, 1.54) is 0 Å². The molecule has 1 atom stereocenters. The van der Waals surface area contributed by atoms with Gasteiger partial charge in [-0.2, -0.15) is 0 Å². The molecule has 1 rings (SSSR count). The summed E-state index contributed by atoms with van der Waals surface area (Å²) in [6.07, 6.45) is 1.26. The van der Waals surface area contributed by atoms with Gasteiger partial charge in [-0.25, -0.2) is 5.32 Å². The number of hydrogen-bond donors (Lipinski definition) is 1. The molecule has 1 fully saturated rings. The molecule has 0 bridgehead atoms. The van der Waals surface area contributed by atoms with Crippen molar-refractivity contribution in [3.8, 4) is 0 Å². The van der Waals surface area contributed by atoms with Gasteiger partial charge in [0.1, 0.15) is 0 Å². The van der Waals surface area contributed by atoms with Crippen molar-refractivity contribution in [1.29, 1.82) is 0 Å². The third kappa shape index (κ3) is 2.01. The Labute approximate surface area is 54.1 Å². The molecule has 0 saturated carbocycles. The van der Waals surface area contributed by atoms with Gasteiger partial charge in [0.15, 0.2) is 0 Å². The van der Waals surface area contributed by atoms with Crippen molar-refractivity contribution in [3.05, 3.63) is 0 Å². The van der Waals surface area contributed by atoms with Crippen LogP contribution >= 0.6 is 0 Å². The summed E-state index contributed by atoms with van der Waals surface area (Å²) in [6, 6.07) is 0. The van der Waals surface area contributed by atoms with E-state index in [1.807, 2.05) is 0 Å². The summed E-state index contributed by atoms with van der Waals surface area (Å²) in [7, 11) is 0. The zero-order chi connectivity index (χ0) is 6.69. The Morgan fingerprint density at radius 1 is 1.78 bits per heavy atom. The van der Waals surface area contributed by atoms with Crippen LogP contribution in [-0.4, -0.2) is 24.2 Å². The van der Waals surface area contributed by atoms with E-state index >= 15 is 0 Å². The maximum Gasteiger partial charge on any atom is 0.303 e. The lowest BCUT2D eigenvalue weighted by atomic mass is 10.1. The van der Waals surface area contributed by atoms with Crippen molar-refractivity contribution >= 4 is 5.97 Å². The van der Waals surface area contributed by atoms with Gasteiger partial charge in [0.05, 0.1) is 0 Å². The third-order valence-corrected chi connectivity index (χ3v) is 1.55. The summed E-state index contributed by atoms with van der Waals surface area (Å²) < 4.78 is 0. The molecule has 9 heavy (non-hydrogen) atoms. The maximum atomic E-state index is 10.1. The Morgan fingerprint density at radius 2 is 2.56 bits per heavy atom. The second kappa shape index (κ2) is 2.82. The fourth-order valence-corrected chi connectivity index (χ4v) is 1.05. The number of hydrogen-bond acceptors (Lipinski definition) is 1. The highest BCUT2D eigenvalue weighted by molar-refractivity contribution is 5.67. The molecule has 3 heteroatoms. The van der Waals surface area contributed by atoms with Crippen LogP contribution in [0.1, 0.15) is 12.8 Å². The number of carbonyl (C=O) groups is 1. The summed E-state index contributed by atoms with van der Waals surface area (Å²) in [4.78, 5) is 10.1. The first-order valence-corrected chi connectivity index (χ1v) is 3.14. The minimum absolute atomic E-state index is 0.295. The van der Waals surface area contributed by atoms with E-state index in [-0.39, 0.29) is 0 Å². The largest absolute Gasteiger partial charge is 0.481 e. The van der Waals surface area contributed by atoms with Crippen molar-refractivity contribution in [3.63, 3.8) is 0 Å². The van der Waals surface area contributed by atoms with Crippen LogP contribution in [0.2, 0.25) is 0 Å². The first-order chi connectivity index (χ1) is 4.29. The normalized spacial score (nSPS) is 26.4. The van der Waals surface area contributed by atoms with Crippen LogP contribution in [0, 0.1) is 5.92 Å². The van der Waals surface area contributed by atoms with E-state index < -0.39 is 5.97 Å². The van der Waals surface area contributed by atoms with Gasteiger partial charge in [0, 0.05) is 19.5 Å². The summed E-state index contributed by atoms with van der Waals surface area (Å²) in [5.74, 6) is -0.375. The van der Waals surface area contributed by atoms with Gasteiger partial charge in [0.2, 0.25) is 0 Å². The lowest BCUT2D eigenvalue weighted by Crippen LogP contribution is -2.08. The predicted molar refractivity (Wildman–Crippen MR) is 32.2 cm³/mol. The van der Waals surface area contributed by atoms with Gasteiger partial charge in [-0.1, -0.05) is 0 Å². The number of aliphatic carboxylic acids is 1. The average Bonchev–Trinajstić information content (AvgIpc) is 2.15. The minimum atomic E-state index is -0.697. The second-order valence-electron chi connectivity index (χ2n) is 2.38. The molecule has 0 aromatic rings. The van der Waals surface area contributed by atoms with Crippen molar-refractivity contribution in [2.24, 2.45) is 5.92 Å². The van der Waals surface area contributed by atoms with Crippen LogP contribution in [0.3, 0.4) is 0 Å². The first-order valence-electron chi connectivity index (χ1n) is 3.14. The Bertz CT molecular complexity index is 108. The third-order valence-electron chi connectivity index (χ3n) is 1.55. The zero-order valence-corrected chi connectivity index (χ0v) is 5.21. The van der Waals surface area contributed by atoms with Gasteiger partial charge >= 0.3 is 5.97 Å². The fourth-order valence-electron chi connectivity index (χ4n) is 1.05. The van der Waals surface area contributed by atoms with Crippen LogP contribution in [-0.2, 0) is 4.79 Å². The van der Waals surface area contributed by atoms with Crippen LogP contribution in [0.25, 0.3) is 0 Å². The van der Waals surface area contributed by atoms with Gasteiger partial charge in [-0.05, 0) is 12.3 Å². The van der Waals surface area contributed by atoms with Crippen molar-refractivity contribution in [1.82, 2.24) is 5.32 Å². The Morgan fingerprint density at radius 3 is 3.00 bits per heavy atom. The van der Waals surface area contributed by atoms with Gasteiger partial charge in [0.25, 0.3) is 0 Å². The minimum Gasteiger partial charge on any atom is -0.481 e. The fraction of sp³-hybridized carbons (Fsp3) is 0.833. The molecule has 1 unspecified atom stereocenters. The summed E-state index contributed by atoms with van der Waals surface area (Å²) in [6.45, 7) is 1.62. The molecular formula is C6H10NO2. The predicted octanol–water partition coefficient (Wildman–Crippen LogP) is 0.0854. The van der Waals surface area contributed by atoms with Crippen molar-refractivity contribution in [2.45, 2.75) is 12.8 Å². The summed E-state index contributed by atoms with van der Waals surface area (Å²) >= 11 is 0. The highest BCUT2D eigenvalue weighted by Gasteiger charge is 2.17. The molecule has 1 radical (unpaired) electrons. The highest BCUT2D eigenvalue weighted by Crippen LogP contribution is 2.12. The smallest absolute Gasteiger partial charge is 0.303 e. The molecule has 1 N–H and O–H groups in total. The second-order valence-corrected chi connectivity index (χ2v) is 2.38.